The highest BCUT2D eigenvalue weighted by Gasteiger charge is 2.03. The molecule has 0 N–H and O–H groups in total. The number of carbonyl (C=O) groups is 1. The summed E-state index contributed by atoms with van der Waals surface area (Å²) in [7, 11) is 0. The zero-order valence-electron chi connectivity index (χ0n) is 9.72. The molecule has 0 bridgehead atoms. The average Bonchev–Trinajstić information content (AvgIpc) is 2.17. The number of hydrogen-bond donors (Lipinski definition) is 0. The minimum Gasteiger partial charge on any atom is -0.466 e. The summed E-state index contributed by atoms with van der Waals surface area (Å²) in [6.45, 7) is 4.39. The maximum absolute atomic E-state index is 11.0. The fourth-order valence-electron chi connectivity index (χ4n) is 1.25. The quantitative estimate of drug-likeness (QED) is 0.467. The lowest BCUT2D eigenvalue weighted by Gasteiger charge is -2.00. The van der Waals surface area contributed by atoms with Gasteiger partial charge in [-0.25, -0.2) is 0 Å². The molecule has 3 heteroatoms. The second-order valence-electron chi connectivity index (χ2n) is 3.48. The van der Waals surface area contributed by atoms with E-state index < -0.39 is 0 Å². The van der Waals surface area contributed by atoms with Crippen molar-refractivity contribution < 1.29 is 9.53 Å². The Labute approximate surface area is 97.6 Å². The fraction of sp³-hybridized carbons (Fsp3) is 0.750. The zero-order valence-corrected chi connectivity index (χ0v) is 10.5. The molecule has 0 amide bonds. The first-order valence-corrected chi connectivity index (χ1v) is 6.08. The van der Waals surface area contributed by atoms with Gasteiger partial charge >= 0.3 is 5.97 Å². The standard InChI is InChI=1S/C12H21ClO2/c1-3-5-6-7-8-9-11(13)10-12(14)15-4-2/h9H,3-8,10H2,1-2H3. The van der Waals surface area contributed by atoms with Crippen LogP contribution in [0.15, 0.2) is 11.1 Å². The van der Waals surface area contributed by atoms with Crippen LogP contribution >= 0.6 is 11.6 Å². The fourth-order valence-corrected chi connectivity index (χ4v) is 1.47. The van der Waals surface area contributed by atoms with Crippen LogP contribution in [0.1, 0.15) is 52.4 Å². The van der Waals surface area contributed by atoms with E-state index in [-0.39, 0.29) is 12.4 Å². The van der Waals surface area contributed by atoms with E-state index in [0.717, 1.165) is 12.8 Å². The van der Waals surface area contributed by atoms with Crippen LogP contribution in [0.25, 0.3) is 0 Å². The van der Waals surface area contributed by atoms with Crippen LogP contribution in [0.3, 0.4) is 0 Å². The summed E-state index contributed by atoms with van der Waals surface area (Å²) in [5.74, 6) is -0.243. The lowest BCUT2D eigenvalue weighted by molar-refractivity contribution is -0.142. The molecule has 0 saturated heterocycles. The molecule has 0 heterocycles. The summed E-state index contributed by atoms with van der Waals surface area (Å²) in [4.78, 5) is 11.0. The van der Waals surface area contributed by atoms with E-state index >= 15 is 0 Å². The van der Waals surface area contributed by atoms with Crippen molar-refractivity contribution in [3.8, 4) is 0 Å². The molecular weight excluding hydrogens is 212 g/mol. The van der Waals surface area contributed by atoms with Crippen LogP contribution in [0.2, 0.25) is 0 Å². The second kappa shape index (κ2) is 10.0. The third-order valence-corrected chi connectivity index (χ3v) is 2.33. The molecule has 88 valence electrons. The summed E-state index contributed by atoms with van der Waals surface area (Å²) in [5, 5.41) is 0.602. The molecule has 15 heavy (non-hydrogen) atoms. The van der Waals surface area contributed by atoms with Gasteiger partial charge in [-0.05, 0) is 19.8 Å². The Morgan fingerprint density at radius 1 is 1.27 bits per heavy atom. The molecule has 0 radical (unpaired) electrons. The van der Waals surface area contributed by atoms with Gasteiger partial charge in [-0.3, -0.25) is 4.79 Å². The highest BCUT2D eigenvalue weighted by Crippen LogP contribution is 2.12. The molecule has 0 aromatic carbocycles. The van der Waals surface area contributed by atoms with Gasteiger partial charge in [0.05, 0.1) is 13.0 Å². The van der Waals surface area contributed by atoms with Crippen LogP contribution in [0, 0.1) is 0 Å². The molecule has 2 nitrogen and oxygen atoms in total. The van der Waals surface area contributed by atoms with E-state index in [1.807, 2.05) is 6.08 Å². The highest BCUT2D eigenvalue weighted by atomic mass is 35.5. The van der Waals surface area contributed by atoms with Gasteiger partial charge in [0.1, 0.15) is 0 Å². The van der Waals surface area contributed by atoms with Crippen molar-refractivity contribution in [3.63, 3.8) is 0 Å². The minimum atomic E-state index is -0.243. The van der Waals surface area contributed by atoms with E-state index in [1.54, 1.807) is 6.92 Å². The Hall–Kier alpha value is -0.500. The highest BCUT2D eigenvalue weighted by molar-refractivity contribution is 6.30. The summed E-state index contributed by atoms with van der Waals surface area (Å²) < 4.78 is 4.79. The zero-order chi connectivity index (χ0) is 11.5. The molecular formula is C12H21ClO2. The summed E-state index contributed by atoms with van der Waals surface area (Å²) in [6, 6.07) is 0. The molecule has 0 aromatic rings. The Morgan fingerprint density at radius 2 is 2.00 bits per heavy atom. The second-order valence-corrected chi connectivity index (χ2v) is 3.97. The molecule has 0 unspecified atom stereocenters. The van der Waals surface area contributed by atoms with Crippen LogP contribution in [-0.2, 0) is 9.53 Å². The topological polar surface area (TPSA) is 26.3 Å². The van der Waals surface area contributed by atoms with Crippen LogP contribution in [0.5, 0.6) is 0 Å². The van der Waals surface area contributed by atoms with Gasteiger partial charge in [0.25, 0.3) is 0 Å². The number of allylic oxidation sites excluding steroid dienone is 1. The normalized spacial score (nSPS) is 11.5. The largest absolute Gasteiger partial charge is 0.466 e. The number of halogens is 1. The Morgan fingerprint density at radius 3 is 2.60 bits per heavy atom. The van der Waals surface area contributed by atoms with Gasteiger partial charge in [0.2, 0.25) is 0 Å². The number of unbranched alkanes of at least 4 members (excludes halogenated alkanes) is 4. The first kappa shape index (κ1) is 14.5. The van der Waals surface area contributed by atoms with Gasteiger partial charge in [0, 0.05) is 5.03 Å². The first-order valence-electron chi connectivity index (χ1n) is 5.70. The van der Waals surface area contributed by atoms with Crippen molar-refractivity contribution in [2.75, 3.05) is 6.61 Å². The molecule has 0 aliphatic rings. The molecule has 0 rings (SSSR count). The van der Waals surface area contributed by atoms with E-state index in [1.165, 1.54) is 19.3 Å². The number of hydrogen-bond acceptors (Lipinski definition) is 2. The van der Waals surface area contributed by atoms with Crippen LogP contribution < -0.4 is 0 Å². The third kappa shape index (κ3) is 9.80. The van der Waals surface area contributed by atoms with Gasteiger partial charge < -0.3 is 4.74 Å². The first-order chi connectivity index (χ1) is 7.20. The molecule has 0 spiro atoms. The number of carbonyl (C=O) groups excluding carboxylic acids is 1. The molecule has 0 aromatic heterocycles. The van der Waals surface area contributed by atoms with E-state index in [0.29, 0.717) is 11.6 Å². The SMILES string of the molecule is CCCCCCC=C(Cl)CC(=O)OCC. The molecule has 0 atom stereocenters. The van der Waals surface area contributed by atoms with Crippen LogP contribution in [-0.4, -0.2) is 12.6 Å². The lowest BCUT2D eigenvalue weighted by atomic mass is 10.1. The average molecular weight is 233 g/mol. The number of rotatable bonds is 8. The van der Waals surface area contributed by atoms with Crippen molar-refractivity contribution in [2.45, 2.75) is 52.4 Å². The van der Waals surface area contributed by atoms with Crippen molar-refractivity contribution in [1.82, 2.24) is 0 Å². The summed E-state index contributed by atoms with van der Waals surface area (Å²) >= 11 is 5.88. The third-order valence-electron chi connectivity index (χ3n) is 2.04. The number of ether oxygens (including phenoxy) is 1. The van der Waals surface area contributed by atoms with E-state index in [9.17, 15) is 4.79 Å². The predicted molar refractivity (Wildman–Crippen MR) is 63.9 cm³/mol. The van der Waals surface area contributed by atoms with Crippen molar-refractivity contribution in [2.24, 2.45) is 0 Å². The predicted octanol–water partition coefficient (Wildman–Crippen LogP) is 4.03. The van der Waals surface area contributed by atoms with Crippen molar-refractivity contribution >= 4 is 17.6 Å². The van der Waals surface area contributed by atoms with Gasteiger partial charge in [-0.1, -0.05) is 43.9 Å². The Balaban J connectivity index is 3.55. The number of esters is 1. The van der Waals surface area contributed by atoms with Gasteiger partial charge in [-0.15, -0.1) is 0 Å². The maximum Gasteiger partial charge on any atom is 0.311 e. The summed E-state index contributed by atoms with van der Waals surface area (Å²) in [6.07, 6.45) is 7.97. The molecule has 0 fully saturated rings. The van der Waals surface area contributed by atoms with Gasteiger partial charge in [-0.2, -0.15) is 0 Å². The smallest absolute Gasteiger partial charge is 0.311 e. The lowest BCUT2D eigenvalue weighted by Crippen LogP contribution is -2.03. The molecule has 0 aliphatic heterocycles. The maximum atomic E-state index is 11.0. The Kier molecular flexibility index (Phi) is 9.70. The Bertz CT molecular complexity index is 200. The summed E-state index contributed by atoms with van der Waals surface area (Å²) in [5.41, 5.74) is 0. The van der Waals surface area contributed by atoms with Crippen LogP contribution in [0.4, 0.5) is 0 Å². The van der Waals surface area contributed by atoms with Crippen molar-refractivity contribution in [3.05, 3.63) is 11.1 Å². The molecule has 0 aliphatic carbocycles. The molecule has 0 saturated carbocycles. The minimum absolute atomic E-state index is 0.211. The van der Waals surface area contributed by atoms with E-state index in [2.05, 4.69) is 6.92 Å². The monoisotopic (exact) mass is 232 g/mol. The van der Waals surface area contributed by atoms with E-state index in [4.69, 9.17) is 16.3 Å². The van der Waals surface area contributed by atoms with Crippen molar-refractivity contribution in [1.29, 1.82) is 0 Å². The van der Waals surface area contributed by atoms with Gasteiger partial charge in [0.15, 0.2) is 0 Å².